The van der Waals surface area contributed by atoms with E-state index >= 15 is 0 Å². The largest absolute Gasteiger partial charge is 0.432 e. The predicted molar refractivity (Wildman–Crippen MR) is 105 cm³/mol. The Morgan fingerprint density at radius 2 is 1.74 bits per heavy atom. The molecule has 0 aromatic heterocycles. The lowest BCUT2D eigenvalue weighted by atomic mass is 9.92. The Morgan fingerprint density at radius 1 is 1.15 bits per heavy atom. The number of hydrogen-bond donors (Lipinski definition) is 2. The van der Waals surface area contributed by atoms with Crippen molar-refractivity contribution in [3.8, 4) is 0 Å². The van der Waals surface area contributed by atoms with Gasteiger partial charge in [0.1, 0.15) is 0 Å². The molecule has 27 heavy (non-hydrogen) atoms. The minimum atomic E-state index is -1.01. The molecule has 6 nitrogen and oxygen atoms in total. The minimum absolute atomic E-state index is 0.103. The molecule has 3 atom stereocenters. The van der Waals surface area contributed by atoms with Crippen LogP contribution in [0.25, 0.3) is 0 Å². The lowest BCUT2D eigenvalue weighted by molar-refractivity contribution is -0.162. The van der Waals surface area contributed by atoms with Crippen LogP contribution in [0.4, 0.5) is 0 Å². The zero-order valence-electron chi connectivity index (χ0n) is 17.8. The molecule has 1 rings (SSSR count). The van der Waals surface area contributed by atoms with Crippen LogP contribution < -0.4 is 5.32 Å². The number of cyclic esters (lactones) is 1. The third-order valence-corrected chi connectivity index (χ3v) is 5.14. The van der Waals surface area contributed by atoms with Gasteiger partial charge < -0.3 is 19.9 Å². The Balaban J connectivity index is 2.66. The van der Waals surface area contributed by atoms with Gasteiger partial charge in [0, 0.05) is 13.8 Å². The first kappa shape index (κ1) is 23.9. The van der Waals surface area contributed by atoms with Gasteiger partial charge >= 0.3 is 5.97 Å². The highest BCUT2D eigenvalue weighted by atomic mass is 16.8. The van der Waals surface area contributed by atoms with Gasteiger partial charge in [-0.15, -0.1) is 0 Å². The van der Waals surface area contributed by atoms with Crippen LogP contribution in [0.2, 0.25) is 0 Å². The van der Waals surface area contributed by atoms with E-state index in [-0.39, 0.29) is 24.5 Å². The van der Waals surface area contributed by atoms with Gasteiger partial charge in [-0.05, 0) is 12.3 Å². The summed E-state index contributed by atoms with van der Waals surface area (Å²) < 4.78 is 11.0. The number of nitrogens with one attached hydrogen (secondary N) is 1. The summed E-state index contributed by atoms with van der Waals surface area (Å²) >= 11 is 0. The topological polar surface area (TPSA) is 84.9 Å². The molecule has 1 aliphatic rings. The summed E-state index contributed by atoms with van der Waals surface area (Å²) in [6.45, 7) is 9.31. The van der Waals surface area contributed by atoms with Gasteiger partial charge in [0.15, 0.2) is 6.10 Å². The van der Waals surface area contributed by atoms with E-state index in [2.05, 4.69) is 12.2 Å². The number of aliphatic hydroxyl groups is 1. The van der Waals surface area contributed by atoms with E-state index in [1.807, 2.05) is 13.8 Å². The highest BCUT2D eigenvalue weighted by molar-refractivity contribution is 5.87. The number of carbonyl (C=O) groups excluding carboxylic acids is 2. The van der Waals surface area contributed by atoms with Crippen LogP contribution in [-0.2, 0) is 19.1 Å². The molecule has 0 spiro atoms. The number of hydrogen-bond acceptors (Lipinski definition) is 5. The number of ether oxygens (including phenoxy) is 2. The number of rotatable bonds is 13. The molecule has 0 saturated carbocycles. The van der Waals surface area contributed by atoms with Crippen LogP contribution in [0.1, 0.15) is 86.0 Å². The Hall–Kier alpha value is -1.14. The maximum Gasteiger partial charge on any atom is 0.338 e. The number of carbonyl (C=O) groups is 2. The lowest BCUT2D eigenvalue weighted by Crippen LogP contribution is -2.48. The number of esters is 1. The molecule has 0 unspecified atom stereocenters. The molecular formula is C21H39NO5. The van der Waals surface area contributed by atoms with Gasteiger partial charge in [0.2, 0.25) is 11.7 Å². The third kappa shape index (κ3) is 8.18. The smallest absolute Gasteiger partial charge is 0.338 e. The fourth-order valence-electron chi connectivity index (χ4n) is 3.38. The van der Waals surface area contributed by atoms with Gasteiger partial charge in [-0.25, -0.2) is 4.79 Å². The van der Waals surface area contributed by atoms with Crippen molar-refractivity contribution in [1.29, 1.82) is 0 Å². The summed E-state index contributed by atoms with van der Waals surface area (Å²) in [6.07, 6.45) is 7.67. The van der Waals surface area contributed by atoms with Crippen LogP contribution in [0.5, 0.6) is 0 Å². The Labute approximate surface area is 164 Å². The van der Waals surface area contributed by atoms with Crippen molar-refractivity contribution in [2.75, 3.05) is 6.61 Å². The number of aliphatic hydroxyl groups excluding tert-OH is 1. The van der Waals surface area contributed by atoms with Crippen molar-refractivity contribution in [2.24, 2.45) is 11.8 Å². The summed E-state index contributed by atoms with van der Waals surface area (Å²) in [5.41, 5.74) is 0. The van der Waals surface area contributed by atoms with E-state index in [1.54, 1.807) is 13.8 Å². The van der Waals surface area contributed by atoms with E-state index in [4.69, 9.17) is 9.47 Å². The monoisotopic (exact) mass is 385 g/mol. The Morgan fingerprint density at radius 3 is 2.22 bits per heavy atom. The average Bonchev–Trinajstić information content (AvgIpc) is 2.87. The molecule has 6 heteroatoms. The second kappa shape index (κ2) is 11.6. The maximum atomic E-state index is 12.9. The van der Waals surface area contributed by atoms with Crippen LogP contribution in [0.15, 0.2) is 0 Å². The van der Waals surface area contributed by atoms with Crippen molar-refractivity contribution < 1.29 is 24.2 Å². The van der Waals surface area contributed by atoms with Crippen molar-refractivity contribution in [3.05, 3.63) is 0 Å². The SMILES string of the molecule is CCCCCCCCC[C@@H](C(=O)N[C@H](CO)C(C)C)[C@@H]1OC(C)(C)OC1=O. The standard InChI is InChI=1S/C21H39NO5/c1-6-7-8-9-10-11-12-13-16(18-20(25)27-21(4,5)26-18)19(24)22-17(14-23)15(2)3/h15-18,23H,6-14H2,1-5H3,(H,22,24)/t16-,17-,18+/m1/s1. The fraction of sp³-hybridized carbons (Fsp3) is 0.905. The molecule has 0 aromatic carbocycles. The van der Waals surface area contributed by atoms with E-state index in [0.29, 0.717) is 6.42 Å². The molecule has 0 aromatic rings. The van der Waals surface area contributed by atoms with Crippen molar-refractivity contribution in [2.45, 2.75) is 104 Å². The molecule has 0 bridgehead atoms. The molecule has 1 aliphatic heterocycles. The predicted octanol–water partition coefficient (Wildman–Crippen LogP) is 3.55. The summed E-state index contributed by atoms with van der Waals surface area (Å²) in [5, 5.41) is 12.4. The van der Waals surface area contributed by atoms with Gasteiger partial charge in [0.25, 0.3) is 0 Å². The summed E-state index contributed by atoms with van der Waals surface area (Å²) in [5.74, 6) is -2.22. The minimum Gasteiger partial charge on any atom is -0.432 e. The molecule has 2 N–H and O–H groups in total. The normalized spacial score (nSPS) is 21.1. The summed E-state index contributed by atoms with van der Waals surface area (Å²) in [6, 6.07) is -0.334. The summed E-state index contributed by atoms with van der Waals surface area (Å²) in [7, 11) is 0. The molecule has 0 radical (unpaired) electrons. The summed E-state index contributed by atoms with van der Waals surface area (Å²) in [4.78, 5) is 25.1. The third-order valence-electron chi connectivity index (χ3n) is 5.14. The maximum absolute atomic E-state index is 12.9. The Kier molecular flexibility index (Phi) is 10.3. The average molecular weight is 386 g/mol. The fourth-order valence-corrected chi connectivity index (χ4v) is 3.38. The highest BCUT2D eigenvalue weighted by Crippen LogP contribution is 2.31. The van der Waals surface area contributed by atoms with Crippen LogP contribution in [0.3, 0.4) is 0 Å². The van der Waals surface area contributed by atoms with E-state index in [9.17, 15) is 14.7 Å². The van der Waals surface area contributed by atoms with E-state index in [1.165, 1.54) is 25.7 Å². The molecule has 1 saturated heterocycles. The zero-order chi connectivity index (χ0) is 20.4. The second-order valence-corrected chi connectivity index (χ2v) is 8.42. The molecule has 158 valence electrons. The van der Waals surface area contributed by atoms with E-state index < -0.39 is 23.8 Å². The van der Waals surface area contributed by atoms with Gasteiger partial charge in [0.05, 0.1) is 18.6 Å². The van der Waals surface area contributed by atoms with Crippen molar-refractivity contribution in [3.63, 3.8) is 0 Å². The molecule has 1 fully saturated rings. The number of amides is 1. The first-order valence-electron chi connectivity index (χ1n) is 10.5. The van der Waals surface area contributed by atoms with Crippen LogP contribution >= 0.6 is 0 Å². The van der Waals surface area contributed by atoms with Gasteiger partial charge in [-0.1, -0.05) is 65.7 Å². The Bertz CT molecular complexity index is 463. The van der Waals surface area contributed by atoms with Crippen molar-refractivity contribution in [1.82, 2.24) is 5.32 Å². The molecular weight excluding hydrogens is 346 g/mol. The number of unbranched alkanes of at least 4 members (excludes halogenated alkanes) is 6. The van der Waals surface area contributed by atoms with Crippen molar-refractivity contribution >= 4 is 11.9 Å². The van der Waals surface area contributed by atoms with Crippen LogP contribution in [-0.4, -0.2) is 41.5 Å². The quantitative estimate of drug-likeness (QED) is 0.374. The first-order valence-corrected chi connectivity index (χ1v) is 10.5. The van der Waals surface area contributed by atoms with Crippen LogP contribution in [0, 0.1) is 11.8 Å². The molecule has 0 aliphatic carbocycles. The second-order valence-electron chi connectivity index (χ2n) is 8.42. The van der Waals surface area contributed by atoms with Gasteiger partial charge in [-0.2, -0.15) is 0 Å². The highest BCUT2D eigenvalue weighted by Gasteiger charge is 2.47. The van der Waals surface area contributed by atoms with E-state index in [0.717, 1.165) is 19.3 Å². The first-order chi connectivity index (χ1) is 12.7. The zero-order valence-corrected chi connectivity index (χ0v) is 17.8. The lowest BCUT2D eigenvalue weighted by Gasteiger charge is -2.26. The van der Waals surface area contributed by atoms with Gasteiger partial charge in [-0.3, -0.25) is 4.79 Å². The molecule has 1 heterocycles. The molecule has 1 amide bonds.